The Labute approximate surface area is 178 Å². The lowest BCUT2D eigenvalue weighted by atomic mass is 9.90. The van der Waals surface area contributed by atoms with Crippen LogP contribution >= 0.6 is 0 Å². The van der Waals surface area contributed by atoms with Crippen molar-refractivity contribution in [3.63, 3.8) is 0 Å². The molecule has 1 rings (SSSR count). The van der Waals surface area contributed by atoms with E-state index in [1.54, 1.807) is 0 Å². The average Bonchev–Trinajstić information content (AvgIpc) is 3.24. The Morgan fingerprint density at radius 2 is 1.21 bits per heavy atom. The SMILES string of the molecule is CCCCCCCC/C(C(=O)OCCCC)=C(/C(=O)OCCCC)C1CCCC1. The summed E-state index contributed by atoms with van der Waals surface area (Å²) in [6.45, 7) is 7.23. The van der Waals surface area contributed by atoms with Crippen molar-refractivity contribution in [3.05, 3.63) is 11.1 Å². The van der Waals surface area contributed by atoms with E-state index in [1.165, 1.54) is 25.7 Å². The van der Waals surface area contributed by atoms with Crippen molar-refractivity contribution < 1.29 is 19.1 Å². The van der Waals surface area contributed by atoms with Gasteiger partial charge < -0.3 is 9.47 Å². The molecule has 0 unspecified atom stereocenters. The van der Waals surface area contributed by atoms with Crippen LogP contribution in [0.15, 0.2) is 11.1 Å². The van der Waals surface area contributed by atoms with Crippen LogP contribution in [0.4, 0.5) is 0 Å². The Morgan fingerprint density at radius 1 is 0.690 bits per heavy atom. The fraction of sp³-hybridized carbons (Fsp3) is 0.840. The fourth-order valence-electron chi connectivity index (χ4n) is 3.96. The average molecular weight is 409 g/mol. The molecule has 0 heterocycles. The lowest BCUT2D eigenvalue weighted by Crippen LogP contribution is -2.22. The normalized spacial score (nSPS) is 15.3. The minimum Gasteiger partial charge on any atom is -0.462 e. The number of unbranched alkanes of at least 4 members (excludes halogenated alkanes) is 7. The van der Waals surface area contributed by atoms with Gasteiger partial charge in [-0.3, -0.25) is 0 Å². The standard InChI is InChI=1S/C25H44O4/c1-4-7-10-11-12-13-18-22(24(26)28-19-8-5-2)23(21-16-14-15-17-21)25(27)29-20-9-6-3/h21H,4-20H2,1-3H3/b23-22-. The molecule has 0 aliphatic heterocycles. The van der Waals surface area contributed by atoms with Crippen LogP contribution in [0.25, 0.3) is 0 Å². The van der Waals surface area contributed by atoms with E-state index in [2.05, 4.69) is 20.8 Å². The second-order valence-corrected chi connectivity index (χ2v) is 8.37. The highest BCUT2D eigenvalue weighted by Crippen LogP contribution is 2.35. The fourth-order valence-corrected chi connectivity index (χ4v) is 3.96. The summed E-state index contributed by atoms with van der Waals surface area (Å²) in [5, 5.41) is 0. The zero-order valence-electron chi connectivity index (χ0n) is 19.2. The molecule has 0 aromatic heterocycles. The summed E-state index contributed by atoms with van der Waals surface area (Å²) < 4.78 is 11.1. The Bertz CT molecular complexity index is 489. The molecule has 168 valence electrons. The van der Waals surface area contributed by atoms with Crippen LogP contribution in [-0.4, -0.2) is 25.2 Å². The molecule has 1 saturated carbocycles. The molecule has 0 aromatic rings. The third-order valence-electron chi connectivity index (χ3n) is 5.80. The highest BCUT2D eigenvalue weighted by Gasteiger charge is 2.31. The number of ether oxygens (including phenoxy) is 2. The molecule has 1 fully saturated rings. The molecule has 4 heteroatoms. The van der Waals surface area contributed by atoms with Gasteiger partial charge in [-0.2, -0.15) is 0 Å². The number of esters is 2. The van der Waals surface area contributed by atoms with Crippen LogP contribution in [-0.2, 0) is 19.1 Å². The van der Waals surface area contributed by atoms with Gasteiger partial charge in [-0.25, -0.2) is 9.59 Å². The molecule has 0 bridgehead atoms. The predicted molar refractivity (Wildman–Crippen MR) is 119 cm³/mol. The Kier molecular flexibility index (Phi) is 14.6. The van der Waals surface area contributed by atoms with E-state index in [-0.39, 0.29) is 17.9 Å². The van der Waals surface area contributed by atoms with Gasteiger partial charge in [-0.05, 0) is 44.4 Å². The zero-order chi connectivity index (χ0) is 21.3. The van der Waals surface area contributed by atoms with E-state index >= 15 is 0 Å². The smallest absolute Gasteiger partial charge is 0.334 e. The molecular weight excluding hydrogens is 364 g/mol. The zero-order valence-corrected chi connectivity index (χ0v) is 19.2. The minimum absolute atomic E-state index is 0.151. The lowest BCUT2D eigenvalue weighted by molar-refractivity contribution is -0.143. The Morgan fingerprint density at radius 3 is 1.79 bits per heavy atom. The molecule has 0 spiro atoms. The molecule has 0 amide bonds. The number of carbonyl (C=O) groups is 2. The van der Waals surface area contributed by atoms with Gasteiger partial charge >= 0.3 is 11.9 Å². The van der Waals surface area contributed by atoms with Gasteiger partial charge in [-0.1, -0.05) is 78.6 Å². The van der Waals surface area contributed by atoms with Crippen LogP contribution in [0.2, 0.25) is 0 Å². The maximum Gasteiger partial charge on any atom is 0.334 e. The first-order chi connectivity index (χ1) is 14.2. The second-order valence-electron chi connectivity index (χ2n) is 8.37. The molecule has 0 atom stereocenters. The molecule has 1 aliphatic rings. The van der Waals surface area contributed by atoms with Crippen molar-refractivity contribution >= 4 is 11.9 Å². The Hall–Kier alpha value is -1.32. The number of carbonyl (C=O) groups excluding carboxylic acids is 2. The third kappa shape index (κ3) is 10.3. The van der Waals surface area contributed by atoms with E-state index in [0.717, 1.165) is 64.2 Å². The number of hydrogen-bond acceptors (Lipinski definition) is 4. The van der Waals surface area contributed by atoms with Crippen LogP contribution in [0, 0.1) is 5.92 Å². The summed E-state index contributed by atoms with van der Waals surface area (Å²) in [5.74, 6) is -0.418. The van der Waals surface area contributed by atoms with Gasteiger partial charge in [0.15, 0.2) is 0 Å². The van der Waals surface area contributed by atoms with Crippen molar-refractivity contribution in [2.24, 2.45) is 5.92 Å². The van der Waals surface area contributed by atoms with Crippen molar-refractivity contribution in [2.75, 3.05) is 13.2 Å². The van der Waals surface area contributed by atoms with Gasteiger partial charge in [0, 0.05) is 5.57 Å². The first-order valence-corrected chi connectivity index (χ1v) is 12.2. The van der Waals surface area contributed by atoms with E-state index in [9.17, 15) is 9.59 Å². The number of hydrogen-bond donors (Lipinski definition) is 0. The van der Waals surface area contributed by atoms with E-state index < -0.39 is 0 Å². The maximum atomic E-state index is 13.0. The molecular formula is C25H44O4. The molecule has 29 heavy (non-hydrogen) atoms. The summed E-state index contributed by atoms with van der Waals surface area (Å²) in [4.78, 5) is 25.9. The van der Waals surface area contributed by atoms with Crippen molar-refractivity contribution in [1.29, 1.82) is 0 Å². The molecule has 0 radical (unpaired) electrons. The summed E-state index contributed by atoms with van der Waals surface area (Å²) in [7, 11) is 0. The minimum atomic E-state index is -0.290. The highest BCUT2D eigenvalue weighted by molar-refractivity contribution is 6.00. The Balaban J connectivity index is 2.94. The number of rotatable bonds is 16. The van der Waals surface area contributed by atoms with Crippen molar-refractivity contribution in [1.82, 2.24) is 0 Å². The van der Waals surface area contributed by atoms with E-state index in [1.807, 2.05) is 0 Å². The predicted octanol–water partition coefficient (Wildman–Crippen LogP) is 6.91. The van der Waals surface area contributed by atoms with Crippen LogP contribution < -0.4 is 0 Å². The highest BCUT2D eigenvalue weighted by atomic mass is 16.5. The van der Waals surface area contributed by atoms with E-state index in [0.29, 0.717) is 30.8 Å². The summed E-state index contributed by atoms with van der Waals surface area (Å²) in [5.41, 5.74) is 1.23. The topological polar surface area (TPSA) is 52.6 Å². The van der Waals surface area contributed by atoms with Gasteiger partial charge in [0.1, 0.15) is 0 Å². The van der Waals surface area contributed by atoms with Crippen LogP contribution in [0.5, 0.6) is 0 Å². The van der Waals surface area contributed by atoms with Gasteiger partial charge in [0.2, 0.25) is 0 Å². The van der Waals surface area contributed by atoms with Gasteiger partial charge in [-0.15, -0.1) is 0 Å². The van der Waals surface area contributed by atoms with Crippen molar-refractivity contribution in [2.45, 2.75) is 117 Å². The molecule has 4 nitrogen and oxygen atoms in total. The summed E-state index contributed by atoms with van der Waals surface area (Å²) >= 11 is 0. The quantitative estimate of drug-likeness (QED) is 0.158. The van der Waals surface area contributed by atoms with Crippen LogP contribution in [0.1, 0.15) is 117 Å². The third-order valence-corrected chi connectivity index (χ3v) is 5.80. The summed E-state index contributed by atoms with van der Waals surface area (Å²) in [6, 6.07) is 0. The van der Waals surface area contributed by atoms with Crippen LogP contribution in [0.3, 0.4) is 0 Å². The largest absolute Gasteiger partial charge is 0.462 e. The molecule has 0 N–H and O–H groups in total. The van der Waals surface area contributed by atoms with Gasteiger partial charge in [0.25, 0.3) is 0 Å². The molecule has 1 aliphatic carbocycles. The van der Waals surface area contributed by atoms with Crippen molar-refractivity contribution in [3.8, 4) is 0 Å². The first-order valence-electron chi connectivity index (χ1n) is 12.2. The summed E-state index contributed by atoms with van der Waals surface area (Å²) in [6.07, 6.45) is 15.4. The molecule has 0 saturated heterocycles. The lowest BCUT2D eigenvalue weighted by Gasteiger charge is -2.19. The van der Waals surface area contributed by atoms with E-state index in [4.69, 9.17) is 9.47 Å². The molecule has 0 aromatic carbocycles. The first kappa shape index (κ1) is 25.7. The van der Waals surface area contributed by atoms with Gasteiger partial charge in [0.05, 0.1) is 18.8 Å². The monoisotopic (exact) mass is 408 g/mol. The maximum absolute atomic E-state index is 13.0. The second kappa shape index (κ2) is 16.5.